The first-order valence-electron chi connectivity index (χ1n) is 6.23. The molecule has 1 atom stereocenters. The molecule has 0 bridgehead atoms. The maximum Gasteiger partial charge on any atom is 0.246 e. The molecule has 0 radical (unpaired) electrons. The van der Waals surface area contributed by atoms with E-state index in [9.17, 15) is 9.90 Å². The molecule has 0 aliphatic rings. The van der Waals surface area contributed by atoms with Crippen LogP contribution in [0.5, 0.6) is 0 Å². The van der Waals surface area contributed by atoms with Crippen molar-refractivity contribution in [1.29, 1.82) is 0 Å². The van der Waals surface area contributed by atoms with Crippen molar-refractivity contribution in [3.05, 3.63) is 11.6 Å². The van der Waals surface area contributed by atoms with Crippen molar-refractivity contribution >= 4 is 5.91 Å². The summed E-state index contributed by atoms with van der Waals surface area (Å²) in [6, 6.07) is 0.0983. The Bertz CT molecular complexity index is 285. The Kier molecular flexibility index (Phi) is 5.89. The normalized spacial score (nSPS) is 15.0. The average molecular weight is 241 g/mol. The maximum atomic E-state index is 12.1. The predicted octanol–water partition coefficient (Wildman–Crippen LogP) is 2.60. The van der Waals surface area contributed by atoms with Crippen molar-refractivity contribution in [2.45, 2.75) is 60.6 Å². The van der Waals surface area contributed by atoms with E-state index in [0.717, 1.165) is 5.57 Å². The number of aliphatic hydroxyl groups excluding tert-OH is 1. The standard InChI is InChI=1S/C14H27NO2/c1-10(2)15(9-12(4)16)13(17)8-11(3)14(5,6)7/h8,10,12,16H,9H2,1-7H3/b11-8-. The molecule has 1 unspecified atom stereocenters. The van der Waals surface area contributed by atoms with Crippen LogP contribution in [0.1, 0.15) is 48.5 Å². The van der Waals surface area contributed by atoms with Crippen molar-refractivity contribution in [3.63, 3.8) is 0 Å². The van der Waals surface area contributed by atoms with Crippen molar-refractivity contribution in [3.8, 4) is 0 Å². The Morgan fingerprint density at radius 3 is 2.06 bits per heavy atom. The van der Waals surface area contributed by atoms with Gasteiger partial charge in [0.1, 0.15) is 0 Å². The van der Waals surface area contributed by atoms with E-state index >= 15 is 0 Å². The smallest absolute Gasteiger partial charge is 0.246 e. The predicted molar refractivity (Wildman–Crippen MR) is 71.7 cm³/mol. The zero-order valence-electron chi connectivity index (χ0n) is 12.2. The molecule has 0 aromatic rings. The van der Waals surface area contributed by atoms with Gasteiger partial charge in [0, 0.05) is 18.7 Å². The van der Waals surface area contributed by atoms with Crippen LogP contribution in [0.15, 0.2) is 11.6 Å². The molecule has 0 aliphatic heterocycles. The van der Waals surface area contributed by atoms with Gasteiger partial charge in [0.15, 0.2) is 0 Å². The van der Waals surface area contributed by atoms with Crippen LogP contribution in [0, 0.1) is 5.41 Å². The molecule has 3 nitrogen and oxygen atoms in total. The summed E-state index contributed by atoms with van der Waals surface area (Å²) in [5.41, 5.74) is 1.06. The SMILES string of the molecule is C/C(=C/C(=O)N(CC(C)O)C(C)C)C(C)(C)C. The lowest BCUT2D eigenvalue weighted by molar-refractivity contribution is -0.129. The van der Waals surface area contributed by atoms with Crippen LogP contribution >= 0.6 is 0 Å². The van der Waals surface area contributed by atoms with Gasteiger partial charge in [-0.05, 0) is 33.1 Å². The highest BCUT2D eigenvalue weighted by atomic mass is 16.3. The fraction of sp³-hybridized carbons (Fsp3) is 0.786. The molecule has 0 aromatic carbocycles. The summed E-state index contributed by atoms with van der Waals surface area (Å²) >= 11 is 0. The largest absolute Gasteiger partial charge is 0.392 e. The van der Waals surface area contributed by atoms with E-state index in [1.54, 1.807) is 17.9 Å². The van der Waals surface area contributed by atoms with Gasteiger partial charge in [-0.2, -0.15) is 0 Å². The zero-order chi connectivity index (χ0) is 13.8. The summed E-state index contributed by atoms with van der Waals surface area (Å²) in [6.07, 6.45) is 1.19. The molecule has 3 heteroatoms. The van der Waals surface area contributed by atoms with Crippen LogP contribution in [-0.2, 0) is 4.79 Å². The third kappa shape index (κ3) is 5.87. The van der Waals surface area contributed by atoms with Crippen molar-refractivity contribution in [1.82, 2.24) is 4.90 Å². The van der Waals surface area contributed by atoms with E-state index in [-0.39, 0.29) is 17.4 Å². The van der Waals surface area contributed by atoms with Crippen molar-refractivity contribution < 1.29 is 9.90 Å². The van der Waals surface area contributed by atoms with E-state index < -0.39 is 6.10 Å². The third-order valence-electron chi connectivity index (χ3n) is 2.89. The average Bonchev–Trinajstić information content (AvgIpc) is 2.11. The van der Waals surface area contributed by atoms with Crippen molar-refractivity contribution in [2.75, 3.05) is 6.54 Å². The minimum absolute atomic E-state index is 0.00312. The monoisotopic (exact) mass is 241 g/mol. The lowest BCUT2D eigenvalue weighted by Gasteiger charge is -2.28. The van der Waals surface area contributed by atoms with Crippen LogP contribution in [0.2, 0.25) is 0 Å². The maximum absolute atomic E-state index is 12.1. The number of allylic oxidation sites excluding steroid dienone is 1. The molecule has 0 aliphatic carbocycles. The summed E-state index contributed by atoms with van der Waals surface area (Å²) < 4.78 is 0. The minimum atomic E-state index is -0.496. The summed E-state index contributed by atoms with van der Waals surface area (Å²) in [4.78, 5) is 13.8. The number of carbonyl (C=O) groups is 1. The molecule has 0 saturated heterocycles. The molecule has 1 N–H and O–H groups in total. The van der Waals surface area contributed by atoms with Crippen LogP contribution in [-0.4, -0.2) is 34.6 Å². The second-order valence-corrected chi connectivity index (χ2v) is 6.01. The Morgan fingerprint density at radius 1 is 1.29 bits per heavy atom. The molecule has 0 spiro atoms. The van der Waals surface area contributed by atoms with Gasteiger partial charge in [0.05, 0.1) is 6.10 Å². The molecular weight excluding hydrogens is 214 g/mol. The molecule has 0 rings (SSSR count). The van der Waals surface area contributed by atoms with Crippen LogP contribution < -0.4 is 0 Å². The van der Waals surface area contributed by atoms with Gasteiger partial charge >= 0.3 is 0 Å². The number of amides is 1. The van der Waals surface area contributed by atoms with Crippen LogP contribution in [0.4, 0.5) is 0 Å². The number of aliphatic hydroxyl groups is 1. The third-order valence-corrected chi connectivity index (χ3v) is 2.89. The molecular formula is C14H27NO2. The van der Waals surface area contributed by atoms with Gasteiger partial charge in [0.25, 0.3) is 0 Å². The molecule has 1 amide bonds. The number of rotatable bonds is 4. The van der Waals surface area contributed by atoms with Crippen LogP contribution in [0.25, 0.3) is 0 Å². The second kappa shape index (κ2) is 6.20. The summed E-state index contributed by atoms with van der Waals surface area (Å²) in [7, 11) is 0. The summed E-state index contributed by atoms with van der Waals surface area (Å²) in [5.74, 6) is -0.0201. The van der Waals surface area contributed by atoms with Crippen LogP contribution in [0.3, 0.4) is 0 Å². The van der Waals surface area contributed by atoms with Gasteiger partial charge in [-0.1, -0.05) is 26.3 Å². The first-order chi connectivity index (χ1) is 7.55. The Morgan fingerprint density at radius 2 is 1.76 bits per heavy atom. The lowest BCUT2D eigenvalue weighted by Crippen LogP contribution is -2.40. The number of hydrogen-bond acceptors (Lipinski definition) is 2. The summed E-state index contributed by atoms with van der Waals surface area (Å²) in [6.45, 7) is 14.2. The van der Waals surface area contributed by atoms with Gasteiger partial charge in [0.2, 0.25) is 5.91 Å². The fourth-order valence-corrected chi connectivity index (χ4v) is 1.32. The first kappa shape index (κ1) is 16.2. The second-order valence-electron chi connectivity index (χ2n) is 6.01. The molecule has 0 heterocycles. The Balaban J connectivity index is 4.87. The Labute approximate surface area is 106 Å². The highest BCUT2D eigenvalue weighted by Crippen LogP contribution is 2.24. The highest BCUT2D eigenvalue weighted by molar-refractivity contribution is 5.88. The minimum Gasteiger partial charge on any atom is -0.392 e. The van der Waals surface area contributed by atoms with E-state index in [0.29, 0.717) is 6.54 Å². The van der Waals surface area contributed by atoms with Gasteiger partial charge < -0.3 is 10.0 Å². The number of nitrogens with zero attached hydrogens (tertiary/aromatic N) is 1. The van der Waals surface area contributed by atoms with E-state index in [2.05, 4.69) is 20.8 Å². The number of hydrogen-bond donors (Lipinski definition) is 1. The zero-order valence-corrected chi connectivity index (χ0v) is 12.2. The Hall–Kier alpha value is -0.830. The fourth-order valence-electron chi connectivity index (χ4n) is 1.32. The number of carbonyl (C=O) groups excluding carboxylic acids is 1. The topological polar surface area (TPSA) is 40.5 Å². The molecule has 0 aromatic heterocycles. The molecule has 17 heavy (non-hydrogen) atoms. The molecule has 0 saturated carbocycles. The highest BCUT2D eigenvalue weighted by Gasteiger charge is 2.19. The summed E-state index contributed by atoms with van der Waals surface area (Å²) in [5, 5.41) is 9.40. The van der Waals surface area contributed by atoms with Crippen molar-refractivity contribution in [2.24, 2.45) is 5.41 Å². The van der Waals surface area contributed by atoms with E-state index in [4.69, 9.17) is 0 Å². The lowest BCUT2D eigenvalue weighted by atomic mass is 9.87. The van der Waals surface area contributed by atoms with E-state index in [1.165, 1.54) is 0 Å². The quantitative estimate of drug-likeness (QED) is 0.769. The van der Waals surface area contributed by atoms with E-state index in [1.807, 2.05) is 20.8 Å². The van der Waals surface area contributed by atoms with Gasteiger partial charge in [-0.25, -0.2) is 0 Å². The van der Waals surface area contributed by atoms with Gasteiger partial charge in [-0.3, -0.25) is 4.79 Å². The molecule has 100 valence electrons. The van der Waals surface area contributed by atoms with Gasteiger partial charge in [-0.15, -0.1) is 0 Å². The first-order valence-corrected chi connectivity index (χ1v) is 6.23. The molecule has 0 fully saturated rings.